The van der Waals surface area contributed by atoms with Crippen LogP contribution >= 0.6 is 0 Å². The number of phenols is 1. The quantitative estimate of drug-likeness (QED) is 0.570. The van der Waals surface area contributed by atoms with Crippen molar-refractivity contribution >= 4 is 5.97 Å². The van der Waals surface area contributed by atoms with Gasteiger partial charge in [0.15, 0.2) is 0 Å². The summed E-state index contributed by atoms with van der Waals surface area (Å²) in [4.78, 5) is 15.9. The van der Waals surface area contributed by atoms with Gasteiger partial charge in [-0.05, 0) is 87.0 Å². The van der Waals surface area contributed by atoms with E-state index in [2.05, 4.69) is 34.9 Å². The maximum atomic E-state index is 11.4. The Balaban J connectivity index is 1.36. The summed E-state index contributed by atoms with van der Waals surface area (Å²) in [6.45, 7) is 7.62. The third-order valence-corrected chi connectivity index (χ3v) is 7.03. The van der Waals surface area contributed by atoms with Crippen LogP contribution in [0.1, 0.15) is 47.9 Å². The number of ether oxygens (including phenoxy) is 1. The van der Waals surface area contributed by atoms with Crippen molar-refractivity contribution in [3.05, 3.63) is 58.7 Å². The van der Waals surface area contributed by atoms with Crippen molar-refractivity contribution in [2.24, 2.45) is 0 Å². The first kappa shape index (κ1) is 23.6. The number of aliphatic carboxylic acids is 1. The maximum Gasteiger partial charge on any atom is 0.320 e. The number of phenolic OH excluding ortho intramolecular Hbond substituents is 1. The van der Waals surface area contributed by atoms with Crippen molar-refractivity contribution in [2.45, 2.75) is 51.5 Å². The molecule has 1 atom stereocenters. The normalized spacial score (nSPS) is 19.2. The van der Waals surface area contributed by atoms with Gasteiger partial charge < -0.3 is 14.9 Å². The number of hydrogen-bond donors (Lipinski definition) is 2. The second kappa shape index (κ2) is 11.0. The van der Waals surface area contributed by atoms with E-state index in [9.17, 15) is 15.0 Å². The molecule has 2 aliphatic rings. The zero-order valence-corrected chi connectivity index (χ0v) is 19.6. The third-order valence-electron chi connectivity index (χ3n) is 7.03. The smallest absolute Gasteiger partial charge is 0.320 e. The SMILES string of the molecule is Cc1cc(Cc2ccc(O)cc2OCCN2CCCC2)ccc1CCN1CCC[C@H]1C(=O)O. The highest BCUT2D eigenvalue weighted by Gasteiger charge is 2.29. The fourth-order valence-electron chi connectivity index (χ4n) is 5.12. The van der Waals surface area contributed by atoms with Gasteiger partial charge in [-0.1, -0.05) is 24.3 Å². The second-order valence-corrected chi connectivity index (χ2v) is 9.41. The van der Waals surface area contributed by atoms with Gasteiger partial charge in [-0.15, -0.1) is 0 Å². The van der Waals surface area contributed by atoms with Crippen LogP contribution in [-0.4, -0.2) is 71.4 Å². The number of benzene rings is 2. The fraction of sp³-hybridized carbons (Fsp3) is 0.519. The standard InChI is InChI=1S/C27H36N2O4/c1-20-17-21(6-7-22(20)10-14-29-13-4-5-25(29)27(31)32)18-23-8-9-24(30)19-26(23)33-16-15-28-11-2-3-12-28/h6-9,17,19,25,30H,2-5,10-16,18H2,1H3,(H,31,32)/t25-/m0/s1. The maximum absolute atomic E-state index is 11.4. The van der Waals surface area contributed by atoms with E-state index < -0.39 is 5.97 Å². The molecule has 0 aliphatic carbocycles. The molecule has 0 unspecified atom stereocenters. The fourth-order valence-corrected chi connectivity index (χ4v) is 5.12. The average Bonchev–Trinajstić information content (AvgIpc) is 3.47. The molecular weight excluding hydrogens is 416 g/mol. The second-order valence-electron chi connectivity index (χ2n) is 9.41. The van der Waals surface area contributed by atoms with Crippen LogP contribution < -0.4 is 4.74 Å². The summed E-state index contributed by atoms with van der Waals surface area (Å²) in [7, 11) is 0. The number of nitrogens with zero attached hydrogens (tertiary/aromatic N) is 2. The first-order chi connectivity index (χ1) is 16.0. The Morgan fingerprint density at radius 3 is 2.58 bits per heavy atom. The Hall–Kier alpha value is -2.57. The number of carboxylic acids is 1. The molecule has 178 valence electrons. The molecule has 0 saturated carbocycles. The van der Waals surface area contributed by atoms with Gasteiger partial charge >= 0.3 is 5.97 Å². The van der Waals surface area contributed by atoms with Crippen LogP contribution in [0.15, 0.2) is 36.4 Å². The predicted molar refractivity (Wildman–Crippen MR) is 129 cm³/mol. The molecule has 4 rings (SSSR count). The summed E-state index contributed by atoms with van der Waals surface area (Å²) < 4.78 is 6.08. The number of rotatable bonds is 10. The highest BCUT2D eigenvalue weighted by molar-refractivity contribution is 5.73. The molecule has 6 heteroatoms. The molecule has 2 heterocycles. The molecule has 2 aliphatic heterocycles. The first-order valence-electron chi connectivity index (χ1n) is 12.2. The molecular formula is C27H36N2O4. The molecule has 2 aromatic carbocycles. The molecule has 0 amide bonds. The van der Waals surface area contributed by atoms with Crippen molar-refractivity contribution in [2.75, 3.05) is 39.3 Å². The first-order valence-corrected chi connectivity index (χ1v) is 12.2. The molecule has 0 bridgehead atoms. The molecule has 0 radical (unpaired) electrons. The van der Waals surface area contributed by atoms with Crippen LogP contribution in [0, 0.1) is 6.92 Å². The molecule has 2 aromatic rings. The minimum Gasteiger partial charge on any atom is -0.508 e. The van der Waals surface area contributed by atoms with E-state index in [0.29, 0.717) is 6.61 Å². The zero-order valence-electron chi connectivity index (χ0n) is 19.6. The Morgan fingerprint density at radius 1 is 1.03 bits per heavy atom. The zero-order chi connectivity index (χ0) is 23.2. The molecule has 2 N–H and O–H groups in total. The van der Waals surface area contributed by atoms with Crippen LogP contribution in [0.2, 0.25) is 0 Å². The highest BCUT2D eigenvalue weighted by Crippen LogP contribution is 2.27. The number of hydrogen-bond acceptors (Lipinski definition) is 5. The summed E-state index contributed by atoms with van der Waals surface area (Å²) in [5, 5.41) is 19.4. The Labute approximate surface area is 196 Å². The van der Waals surface area contributed by atoms with Gasteiger partial charge in [-0.2, -0.15) is 0 Å². The van der Waals surface area contributed by atoms with E-state index in [1.54, 1.807) is 12.1 Å². The van der Waals surface area contributed by atoms with Crippen molar-refractivity contribution in [1.82, 2.24) is 9.80 Å². The van der Waals surface area contributed by atoms with Crippen molar-refractivity contribution in [3.8, 4) is 11.5 Å². The van der Waals surface area contributed by atoms with Crippen molar-refractivity contribution in [3.63, 3.8) is 0 Å². The molecule has 2 fully saturated rings. The number of likely N-dealkylation sites (tertiary alicyclic amines) is 2. The van der Waals surface area contributed by atoms with Gasteiger partial charge in [0, 0.05) is 25.6 Å². The number of carboxylic acid groups (broad SMARTS) is 1. The summed E-state index contributed by atoms with van der Waals surface area (Å²) in [6.07, 6.45) is 5.86. The van der Waals surface area contributed by atoms with Gasteiger partial charge in [0.25, 0.3) is 0 Å². The molecule has 0 aromatic heterocycles. The lowest BCUT2D eigenvalue weighted by atomic mass is 9.97. The van der Waals surface area contributed by atoms with Gasteiger partial charge in [-0.25, -0.2) is 0 Å². The monoisotopic (exact) mass is 452 g/mol. The largest absolute Gasteiger partial charge is 0.508 e. The van der Waals surface area contributed by atoms with Crippen molar-refractivity contribution < 1.29 is 19.7 Å². The van der Waals surface area contributed by atoms with E-state index >= 15 is 0 Å². The Morgan fingerprint density at radius 2 is 1.82 bits per heavy atom. The van der Waals surface area contributed by atoms with Gasteiger partial charge in [0.1, 0.15) is 24.1 Å². The van der Waals surface area contributed by atoms with Crippen LogP contribution in [0.5, 0.6) is 11.5 Å². The lowest BCUT2D eigenvalue weighted by Gasteiger charge is -2.21. The van der Waals surface area contributed by atoms with Crippen molar-refractivity contribution in [1.29, 1.82) is 0 Å². The topological polar surface area (TPSA) is 73.2 Å². The Kier molecular flexibility index (Phi) is 7.89. The number of aryl methyl sites for hydroxylation is 1. The molecule has 0 spiro atoms. The summed E-state index contributed by atoms with van der Waals surface area (Å²) in [5.74, 6) is 0.277. The molecule has 2 saturated heterocycles. The third kappa shape index (κ3) is 6.27. The van der Waals surface area contributed by atoms with Crippen LogP contribution in [0.4, 0.5) is 0 Å². The Bertz CT molecular complexity index is 955. The molecule has 6 nitrogen and oxygen atoms in total. The van der Waals surface area contributed by atoms with E-state index in [1.807, 2.05) is 6.07 Å². The van der Waals surface area contributed by atoms with Crippen LogP contribution in [0.25, 0.3) is 0 Å². The van der Waals surface area contributed by atoms with Gasteiger partial charge in [0.05, 0.1) is 0 Å². The minimum atomic E-state index is -0.702. The number of aromatic hydroxyl groups is 1. The lowest BCUT2D eigenvalue weighted by molar-refractivity contribution is -0.142. The summed E-state index contributed by atoms with van der Waals surface area (Å²) >= 11 is 0. The summed E-state index contributed by atoms with van der Waals surface area (Å²) in [6, 6.07) is 11.6. The van der Waals surface area contributed by atoms with E-state index in [1.165, 1.54) is 29.5 Å². The number of carbonyl (C=O) groups is 1. The average molecular weight is 453 g/mol. The summed E-state index contributed by atoms with van der Waals surface area (Å²) in [5.41, 5.74) is 4.77. The van der Waals surface area contributed by atoms with E-state index in [4.69, 9.17) is 4.74 Å². The van der Waals surface area contributed by atoms with E-state index in [-0.39, 0.29) is 11.8 Å². The van der Waals surface area contributed by atoms with Gasteiger partial charge in [-0.3, -0.25) is 14.6 Å². The van der Waals surface area contributed by atoms with Crippen LogP contribution in [-0.2, 0) is 17.6 Å². The van der Waals surface area contributed by atoms with Gasteiger partial charge in [0.2, 0.25) is 0 Å². The molecule has 33 heavy (non-hydrogen) atoms. The lowest BCUT2D eigenvalue weighted by Crippen LogP contribution is -2.37. The minimum absolute atomic E-state index is 0.225. The van der Waals surface area contributed by atoms with E-state index in [0.717, 1.165) is 69.7 Å². The predicted octanol–water partition coefficient (Wildman–Crippen LogP) is 3.86. The highest BCUT2D eigenvalue weighted by atomic mass is 16.5. The van der Waals surface area contributed by atoms with Crippen LogP contribution in [0.3, 0.4) is 0 Å².